The highest BCUT2D eigenvalue weighted by Gasteiger charge is 1.96. The van der Waals surface area contributed by atoms with Gasteiger partial charge in [-0.2, -0.15) is 8.57 Å². The van der Waals surface area contributed by atoms with Crippen LogP contribution in [0, 0.1) is 0 Å². The first kappa shape index (κ1) is 5.44. The topological polar surface area (TPSA) is 29.4 Å². The maximum atomic E-state index is 9.77. The highest BCUT2D eigenvalue weighted by atomic mass is 32.1. The first-order chi connectivity index (χ1) is 3.93. The third kappa shape index (κ3) is 1.13. The molecule has 0 bridgehead atoms. The number of rotatable bonds is 1. The van der Waals surface area contributed by atoms with E-state index in [1.54, 1.807) is 0 Å². The van der Waals surface area contributed by atoms with Gasteiger partial charge in [0.2, 0.25) is 0 Å². The van der Waals surface area contributed by atoms with Gasteiger partial charge < -0.3 is 0 Å². The van der Waals surface area contributed by atoms with E-state index in [1.807, 2.05) is 24.3 Å². The summed E-state index contributed by atoms with van der Waals surface area (Å²) in [6, 6.07) is 0.0255. The summed E-state index contributed by atoms with van der Waals surface area (Å²) in [5.74, 6) is 0. The molecule has 0 saturated carbocycles. The summed E-state index contributed by atoms with van der Waals surface area (Å²) in [4.78, 5) is 0. The largest absolute Gasteiger partial charge is 0.200 e. The average Bonchev–Trinajstić information content (AvgIpc) is 2.19. The summed E-state index contributed by atoms with van der Waals surface area (Å²) in [6.45, 7) is 0. The van der Waals surface area contributed by atoms with Crippen molar-refractivity contribution < 1.29 is 4.21 Å². The van der Waals surface area contributed by atoms with Crippen molar-refractivity contribution in [3.63, 3.8) is 0 Å². The number of nitrogens with zero attached hydrogens (tertiary/aromatic N) is 1. The molecule has 0 saturated heterocycles. The van der Waals surface area contributed by atoms with Gasteiger partial charge in [0.1, 0.15) is 6.04 Å². The van der Waals surface area contributed by atoms with E-state index >= 15 is 0 Å². The molecule has 1 rings (SSSR count). The first-order valence-electron chi connectivity index (χ1n) is 2.27. The van der Waals surface area contributed by atoms with Gasteiger partial charge in [-0.25, -0.2) is 0 Å². The molecule has 0 fully saturated rings. The van der Waals surface area contributed by atoms with Crippen molar-refractivity contribution in [3.8, 4) is 0 Å². The van der Waals surface area contributed by atoms with Gasteiger partial charge in [0, 0.05) is 0 Å². The second-order valence-corrected chi connectivity index (χ2v) is 1.80. The average molecular weight is 127 g/mol. The van der Waals surface area contributed by atoms with E-state index in [0.29, 0.717) is 0 Å². The van der Waals surface area contributed by atoms with Crippen LogP contribution in [0.4, 0.5) is 0 Å². The molecule has 42 valence electrons. The Labute approximate surface area is 51.2 Å². The molecule has 1 aliphatic rings. The molecule has 0 spiro atoms. The van der Waals surface area contributed by atoms with E-state index in [2.05, 4.69) is 4.36 Å². The van der Waals surface area contributed by atoms with E-state index < -0.39 is 0 Å². The third-order valence-corrected chi connectivity index (χ3v) is 1.22. The summed E-state index contributed by atoms with van der Waals surface area (Å²) in [6.07, 6.45) is 7.49. The van der Waals surface area contributed by atoms with Gasteiger partial charge in [-0.15, -0.1) is 0 Å². The van der Waals surface area contributed by atoms with Crippen LogP contribution in [0.25, 0.3) is 0 Å². The SMILES string of the molecule is O=S=NC1C=CC=C1. The quantitative estimate of drug-likeness (QED) is 0.514. The molecule has 0 aromatic rings. The summed E-state index contributed by atoms with van der Waals surface area (Å²) in [7, 11) is 0. The minimum absolute atomic E-state index is 0.0255. The van der Waals surface area contributed by atoms with Crippen molar-refractivity contribution >= 4 is 11.5 Å². The Morgan fingerprint density at radius 3 is 2.50 bits per heavy atom. The van der Waals surface area contributed by atoms with Crippen LogP contribution in [0.3, 0.4) is 0 Å². The molecule has 0 heterocycles. The molecule has 1 aliphatic carbocycles. The lowest BCUT2D eigenvalue weighted by Gasteiger charge is -1.85. The highest BCUT2D eigenvalue weighted by molar-refractivity contribution is 7.54. The van der Waals surface area contributed by atoms with Gasteiger partial charge in [0.15, 0.2) is 11.5 Å². The Hall–Kier alpha value is -0.700. The Kier molecular flexibility index (Phi) is 1.75. The van der Waals surface area contributed by atoms with Gasteiger partial charge in [0.05, 0.1) is 0 Å². The van der Waals surface area contributed by atoms with Crippen LogP contribution in [-0.4, -0.2) is 10.3 Å². The van der Waals surface area contributed by atoms with Crippen molar-refractivity contribution in [2.45, 2.75) is 6.04 Å². The molecule has 2 nitrogen and oxygen atoms in total. The van der Waals surface area contributed by atoms with E-state index in [-0.39, 0.29) is 17.5 Å². The van der Waals surface area contributed by atoms with Gasteiger partial charge >= 0.3 is 0 Å². The second-order valence-electron chi connectivity index (χ2n) is 1.44. The molecule has 0 aromatic heterocycles. The van der Waals surface area contributed by atoms with Crippen LogP contribution in [0.15, 0.2) is 28.7 Å². The number of hydrogen-bond acceptors (Lipinski definition) is 2. The molecule has 0 unspecified atom stereocenters. The fourth-order valence-corrected chi connectivity index (χ4v) is 0.780. The molecule has 0 atom stereocenters. The molecule has 8 heavy (non-hydrogen) atoms. The second kappa shape index (κ2) is 2.57. The molecule has 0 amide bonds. The number of hydrogen-bond donors (Lipinski definition) is 0. The fraction of sp³-hybridized carbons (Fsp3) is 0.200. The minimum Gasteiger partial charge on any atom is -0.191 e. The van der Waals surface area contributed by atoms with Crippen LogP contribution in [0.1, 0.15) is 0 Å². The van der Waals surface area contributed by atoms with Crippen LogP contribution < -0.4 is 0 Å². The zero-order chi connectivity index (χ0) is 5.82. The Morgan fingerprint density at radius 2 is 2.00 bits per heavy atom. The summed E-state index contributed by atoms with van der Waals surface area (Å²) >= 11 is 0.271. The Morgan fingerprint density at radius 1 is 1.38 bits per heavy atom. The molecule has 0 N–H and O–H groups in total. The van der Waals surface area contributed by atoms with Crippen LogP contribution >= 0.6 is 0 Å². The van der Waals surface area contributed by atoms with Gasteiger partial charge in [-0.1, -0.05) is 24.3 Å². The summed E-state index contributed by atoms with van der Waals surface area (Å²) in [5.41, 5.74) is 0. The Balaban J connectivity index is 2.62. The maximum Gasteiger partial charge on any atom is 0.200 e. The fourth-order valence-electron chi connectivity index (χ4n) is 0.540. The highest BCUT2D eigenvalue weighted by Crippen LogP contribution is 2.01. The third-order valence-electron chi connectivity index (χ3n) is 0.892. The predicted molar refractivity (Wildman–Crippen MR) is 32.6 cm³/mol. The van der Waals surface area contributed by atoms with Crippen molar-refractivity contribution in [2.24, 2.45) is 4.36 Å². The number of allylic oxidation sites excluding steroid dienone is 2. The van der Waals surface area contributed by atoms with Crippen LogP contribution in [0.5, 0.6) is 0 Å². The van der Waals surface area contributed by atoms with Crippen LogP contribution in [0.2, 0.25) is 0 Å². The Bertz CT molecular complexity index is 167. The van der Waals surface area contributed by atoms with Gasteiger partial charge in [-0.05, 0) is 0 Å². The summed E-state index contributed by atoms with van der Waals surface area (Å²) in [5, 5.41) is 0. The lowest BCUT2D eigenvalue weighted by Crippen LogP contribution is -1.86. The lowest BCUT2D eigenvalue weighted by molar-refractivity contribution is 0.696. The zero-order valence-electron chi connectivity index (χ0n) is 4.15. The smallest absolute Gasteiger partial charge is 0.191 e. The van der Waals surface area contributed by atoms with Gasteiger partial charge in [-0.3, -0.25) is 0 Å². The lowest BCUT2D eigenvalue weighted by atomic mass is 10.4. The van der Waals surface area contributed by atoms with Gasteiger partial charge in [0.25, 0.3) is 0 Å². The maximum absolute atomic E-state index is 9.77. The van der Waals surface area contributed by atoms with Crippen LogP contribution in [-0.2, 0) is 11.5 Å². The standard InChI is InChI=1S/C5H5NOS/c7-8-6-5-3-1-2-4-5/h1-5H. The molecule has 0 aliphatic heterocycles. The molecular weight excluding hydrogens is 122 g/mol. The van der Waals surface area contributed by atoms with Crippen molar-refractivity contribution in [1.29, 1.82) is 0 Å². The van der Waals surface area contributed by atoms with Crippen molar-refractivity contribution in [2.75, 3.05) is 0 Å². The molecule has 3 heteroatoms. The van der Waals surface area contributed by atoms with E-state index in [4.69, 9.17) is 0 Å². The summed E-state index contributed by atoms with van der Waals surface area (Å²) < 4.78 is 13.4. The monoisotopic (exact) mass is 127 g/mol. The predicted octanol–water partition coefficient (Wildman–Crippen LogP) is 0.878. The van der Waals surface area contributed by atoms with E-state index in [0.717, 1.165) is 0 Å². The zero-order valence-corrected chi connectivity index (χ0v) is 4.97. The minimum atomic E-state index is 0.0255. The van der Waals surface area contributed by atoms with E-state index in [1.165, 1.54) is 0 Å². The normalized spacial score (nSPS) is 17.0. The van der Waals surface area contributed by atoms with E-state index in [9.17, 15) is 4.21 Å². The first-order valence-corrected chi connectivity index (χ1v) is 2.97. The molecule has 0 aromatic carbocycles. The van der Waals surface area contributed by atoms with Crippen molar-refractivity contribution in [3.05, 3.63) is 24.3 Å². The molecule has 0 radical (unpaired) electrons. The van der Waals surface area contributed by atoms with Crippen molar-refractivity contribution in [1.82, 2.24) is 0 Å². The molecular formula is C5H5NOS.